The quantitative estimate of drug-likeness (QED) is 0.711. The zero-order valence-electron chi connectivity index (χ0n) is 11.8. The van der Waals surface area contributed by atoms with Crippen molar-refractivity contribution in [2.75, 3.05) is 11.6 Å². The lowest BCUT2D eigenvalue weighted by molar-refractivity contribution is 0.464. The smallest absolute Gasteiger partial charge is 0.150 e. The molecule has 0 fully saturated rings. The van der Waals surface area contributed by atoms with Crippen LogP contribution in [0.15, 0.2) is 34.7 Å². The van der Waals surface area contributed by atoms with Gasteiger partial charge < -0.3 is 10.4 Å². The summed E-state index contributed by atoms with van der Waals surface area (Å²) < 4.78 is 2.23. The minimum absolute atomic E-state index is 0.219. The van der Waals surface area contributed by atoms with Gasteiger partial charge in [-0.3, -0.25) is 4.98 Å². The minimum Gasteiger partial charge on any atom is -0.506 e. The number of nitrogens with zero attached hydrogens (tertiary/aromatic N) is 2. The van der Waals surface area contributed by atoms with Crippen LogP contribution in [0, 0.1) is 6.92 Å². The number of thioether (sulfide) groups is 1. The molecule has 0 atom stereocenters. The predicted molar refractivity (Wildman–Crippen MR) is 89.4 cm³/mol. The van der Waals surface area contributed by atoms with Crippen LogP contribution in [-0.2, 0) is 6.54 Å². The van der Waals surface area contributed by atoms with E-state index in [1.807, 2.05) is 25.3 Å². The van der Waals surface area contributed by atoms with Crippen molar-refractivity contribution >= 4 is 39.0 Å². The Hall–Kier alpha value is -1.79. The molecule has 0 unspecified atom stereocenters. The van der Waals surface area contributed by atoms with E-state index in [9.17, 15) is 5.11 Å². The lowest BCUT2D eigenvalue weighted by Gasteiger charge is -2.08. The minimum atomic E-state index is 0.219. The van der Waals surface area contributed by atoms with Gasteiger partial charge in [0.15, 0.2) is 4.34 Å². The molecule has 0 bridgehead atoms. The first kappa shape index (κ1) is 14.2. The van der Waals surface area contributed by atoms with Gasteiger partial charge >= 0.3 is 0 Å². The van der Waals surface area contributed by atoms with Gasteiger partial charge in [0.1, 0.15) is 11.4 Å². The standard InChI is InChI=1S/C15H15N3OS2/c1-9-3-6-13(19)12(17-9)8-16-10-4-5-11-14(7-10)21-15(18-11)20-2/h3-7,16,19H,8H2,1-2H3. The van der Waals surface area contributed by atoms with Crippen molar-refractivity contribution in [3.63, 3.8) is 0 Å². The summed E-state index contributed by atoms with van der Waals surface area (Å²) in [6.07, 6.45) is 2.03. The Labute approximate surface area is 131 Å². The lowest BCUT2D eigenvalue weighted by Crippen LogP contribution is -2.02. The fourth-order valence-electron chi connectivity index (χ4n) is 2.02. The van der Waals surface area contributed by atoms with E-state index in [-0.39, 0.29) is 5.75 Å². The number of anilines is 1. The highest BCUT2D eigenvalue weighted by Gasteiger charge is 2.06. The van der Waals surface area contributed by atoms with Gasteiger partial charge in [-0.05, 0) is 43.5 Å². The number of aromatic hydroxyl groups is 1. The molecule has 0 radical (unpaired) electrons. The second-order valence-electron chi connectivity index (χ2n) is 4.64. The SMILES string of the molecule is CSc1nc2ccc(NCc3nc(C)ccc3O)cc2s1. The van der Waals surface area contributed by atoms with Crippen molar-refractivity contribution < 1.29 is 5.11 Å². The summed E-state index contributed by atoms with van der Waals surface area (Å²) in [7, 11) is 0. The van der Waals surface area contributed by atoms with Crippen LogP contribution >= 0.6 is 23.1 Å². The van der Waals surface area contributed by atoms with Gasteiger partial charge in [-0.2, -0.15) is 0 Å². The molecule has 2 heterocycles. The number of hydrogen-bond acceptors (Lipinski definition) is 6. The third-order valence-corrected chi connectivity index (χ3v) is 5.10. The van der Waals surface area contributed by atoms with Crippen LogP contribution < -0.4 is 5.32 Å². The summed E-state index contributed by atoms with van der Waals surface area (Å²) in [5.41, 5.74) is 3.57. The number of thiazole rings is 1. The molecule has 2 aromatic heterocycles. The summed E-state index contributed by atoms with van der Waals surface area (Å²) >= 11 is 3.34. The molecule has 0 saturated heterocycles. The van der Waals surface area contributed by atoms with Gasteiger partial charge in [-0.25, -0.2) is 4.98 Å². The molecule has 2 N–H and O–H groups in total. The maximum absolute atomic E-state index is 9.81. The number of aromatic nitrogens is 2. The molecule has 108 valence electrons. The molecule has 0 aliphatic heterocycles. The van der Waals surface area contributed by atoms with Gasteiger partial charge in [0.05, 0.1) is 16.8 Å². The molecule has 21 heavy (non-hydrogen) atoms. The van der Waals surface area contributed by atoms with E-state index in [0.29, 0.717) is 12.2 Å². The molecule has 4 nitrogen and oxygen atoms in total. The Morgan fingerprint density at radius 3 is 2.90 bits per heavy atom. The Bertz CT molecular complexity index is 786. The Balaban J connectivity index is 1.80. The number of benzene rings is 1. The summed E-state index contributed by atoms with van der Waals surface area (Å²) in [4.78, 5) is 8.86. The number of pyridine rings is 1. The largest absolute Gasteiger partial charge is 0.506 e. The van der Waals surface area contributed by atoms with Crippen molar-refractivity contribution in [3.8, 4) is 5.75 Å². The first-order valence-corrected chi connectivity index (χ1v) is 8.54. The van der Waals surface area contributed by atoms with Gasteiger partial charge in [-0.1, -0.05) is 11.8 Å². The van der Waals surface area contributed by atoms with Crippen molar-refractivity contribution in [1.82, 2.24) is 9.97 Å². The van der Waals surface area contributed by atoms with Crippen LogP contribution in [0.25, 0.3) is 10.2 Å². The average molecular weight is 317 g/mol. The van der Waals surface area contributed by atoms with Crippen LogP contribution in [0.3, 0.4) is 0 Å². The van der Waals surface area contributed by atoms with E-state index in [1.54, 1.807) is 35.2 Å². The Kier molecular flexibility index (Phi) is 3.98. The zero-order valence-corrected chi connectivity index (χ0v) is 13.4. The molecule has 0 spiro atoms. The fraction of sp³-hybridized carbons (Fsp3) is 0.200. The van der Waals surface area contributed by atoms with Crippen LogP contribution in [0.2, 0.25) is 0 Å². The Morgan fingerprint density at radius 1 is 1.24 bits per heavy atom. The van der Waals surface area contributed by atoms with Gasteiger partial charge in [0, 0.05) is 11.4 Å². The Morgan fingerprint density at radius 2 is 2.10 bits per heavy atom. The normalized spacial score (nSPS) is 11.0. The first-order chi connectivity index (χ1) is 10.2. The van der Waals surface area contributed by atoms with Gasteiger partial charge in [-0.15, -0.1) is 11.3 Å². The highest BCUT2D eigenvalue weighted by atomic mass is 32.2. The molecular weight excluding hydrogens is 302 g/mol. The maximum Gasteiger partial charge on any atom is 0.150 e. The van der Waals surface area contributed by atoms with Crippen LogP contribution in [0.5, 0.6) is 5.75 Å². The van der Waals surface area contributed by atoms with Gasteiger partial charge in [0.25, 0.3) is 0 Å². The van der Waals surface area contributed by atoms with Crippen molar-refractivity contribution in [1.29, 1.82) is 0 Å². The number of fused-ring (bicyclic) bond motifs is 1. The van der Waals surface area contributed by atoms with E-state index in [2.05, 4.69) is 21.4 Å². The molecule has 3 rings (SSSR count). The van der Waals surface area contributed by atoms with E-state index in [0.717, 1.165) is 25.9 Å². The van der Waals surface area contributed by atoms with Gasteiger partial charge in [0.2, 0.25) is 0 Å². The number of rotatable bonds is 4. The van der Waals surface area contributed by atoms with Crippen molar-refractivity contribution in [2.45, 2.75) is 17.8 Å². The lowest BCUT2D eigenvalue weighted by atomic mass is 10.2. The third kappa shape index (κ3) is 3.11. The van der Waals surface area contributed by atoms with E-state index >= 15 is 0 Å². The second kappa shape index (κ2) is 5.91. The highest BCUT2D eigenvalue weighted by Crippen LogP contribution is 2.30. The topological polar surface area (TPSA) is 58.0 Å². The molecule has 3 aromatic rings. The maximum atomic E-state index is 9.81. The number of aryl methyl sites for hydroxylation is 1. The fourth-order valence-corrected chi connectivity index (χ4v) is 3.55. The highest BCUT2D eigenvalue weighted by molar-refractivity contribution is 8.00. The van der Waals surface area contributed by atoms with E-state index in [1.165, 1.54) is 0 Å². The molecule has 0 aliphatic carbocycles. The molecule has 1 aromatic carbocycles. The first-order valence-electron chi connectivity index (χ1n) is 6.49. The average Bonchev–Trinajstić information content (AvgIpc) is 2.90. The second-order valence-corrected chi connectivity index (χ2v) is 6.72. The molecule has 0 amide bonds. The van der Waals surface area contributed by atoms with E-state index in [4.69, 9.17) is 0 Å². The monoisotopic (exact) mass is 317 g/mol. The number of hydrogen-bond donors (Lipinski definition) is 2. The van der Waals surface area contributed by atoms with Crippen molar-refractivity contribution in [3.05, 3.63) is 41.7 Å². The third-order valence-electron chi connectivity index (χ3n) is 3.09. The molecule has 0 saturated carbocycles. The molecule has 0 aliphatic rings. The molecule has 6 heteroatoms. The summed E-state index contributed by atoms with van der Waals surface area (Å²) in [6.45, 7) is 2.41. The molecular formula is C15H15N3OS2. The summed E-state index contributed by atoms with van der Waals surface area (Å²) in [6, 6.07) is 9.57. The predicted octanol–water partition coefficient (Wildman–Crippen LogP) is 4.04. The van der Waals surface area contributed by atoms with Crippen molar-refractivity contribution in [2.24, 2.45) is 0 Å². The van der Waals surface area contributed by atoms with E-state index < -0.39 is 0 Å². The van der Waals surface area contributed by atoms with Crippen LogP contribution in [-0.4, -0.2) is 21.3 Å². The number of nitrogens with one attached hydrogen (secondary N) is 1. The summed E-state index contributed by atoms with van der Waals surface area (Å²) in [5.74, 6) is 0.219. The zero-order chi connectivity index (χ0) is 14.8. The van der Waals surface area contributed by atoms with Crippen LogP contribution in [0.4, 0.5) is 5.69 Å². The van der Waals surface area contributed by atoms with Crippen LogP contribution in [0.1, 0.15) is 11.4 Å². The summed E-state index contributed by atoms with van der Waals surface area (Å²) in [5, 5.41) is 13.1.